The molecule has 1 N–H and O–H groups in total. The molecule has 1 aliphatic heterocycles. The summed E-state index contributed by atoms with van der Waals surface area (Å²) in [5, 5.41) is 4.91. The number of aromatic nitrogens is 1. The fourth-order valence-corrected chi connectivity index (χ4v) is 4.22. The van der Waals surface area contributed by atoms with Crippen LogP contribution in [0.25, 0.3) is 0 Å². The van der Waals surface area contributed by atoms with E-state index in [1.807, 2.05) is 11.3 Å². The first-order valence-electron chi connectivity index (χ1n) is 7.88. The second-order valence-electron chi connectivity index (χ2n) is 6.49. The molecular formula is C16H29N3S. The molecule has 0 amide bonds. The van der Waals surface area contributed by atoms with Gasteiger partial charge in [0.2, 0.25) is 0 Å². The van der Waals surface area contributed by atoms with Crippen molar-refractivity contribution in [3.05, 3.63) is 15.6 Å². The van der Waals surface area contributed by atoms with Gasteiger partial charge < -0.3 is 5.32 Å². The van der Waals surface area contributed by atoms with Crippen LogP contribution in [0.15, 0.2) is 0 Å². The number of hydrogen-bond donors (Lipinski definition) is 1. The molecule has 1 fully saturated rings. The zero-order chi connectivity index (χ0) is 14.7. The average Bonchev–Trinajstić information content (AvgIpc) is 2.58. The molecule has 2 atom stereocenters. The monoisotopic (exact) mass is 295 g/mol. The van der Waals surface area contributed by atoms with Crippen LogP contribution in [0, 0.1) is 19.8 Å². The smallest absolute Gasteiger partial charge is 0.0900 e. The van der Waals surface area contributed by atoms with Crippen molar-refractivity contribution < 1.29 is 0 Å². The molecule has 2 rings (SSSR count). The fourth-order valence-electron chi connectivity index (χ4n) is 3.21. The quantitative estimate of drug-likeness (QED) is 0.921. The lowest BCUT2D eigenvalue weighted by atomic mass is 10.0. The van der Waals surface area contributed by atoms with Gasteiger partial charge >= 0.3 is 0 Å². The molecule has 3 nitrogen and oxygen atoms in total. The first kappa shape index (κ1) is 15.9. The van der Waals surface area contributed by atoms with E-state index in [1.54, 1.807) is 0 Å². The van der Waals surface area contributed by atoms with Crippen molar-refractivity contribution in [2.75, 3.05) is 19.6 Å². The second kappa shape index (κ2) is 7.01. The predicted octanol–water partition coefficient (Wildman–Crippen LogP) is 3.53. The molecule has 4 heteroatoms. The highest BCUT2D eigenvalue weighted by Gasteiger charge is 2.25. The minimum absolute atomic E-state index is 0.496. The van der Waals surface area contributed by atoms with E-state index in [2.05, 4.69) is 49.8 Å². The summed E-state index contributed by atoms with van der Waals surface area (Å²) in [6.07, 6.45) is 2.51. The lowest BCUT2D eigenvalue weighted by Gasteiger charge is -2.30. The molecule has 0 aromatic carbocycles. The van der Waals surface area contributed by atoms with Crippen molar-refractivity contribution in [1.82, 2.24) is 15.2 Å². The van der Waals surface area contributed by atoms with Crippen LogP contribution < -0.4 is 5.32 Å². The van der Waals surface area contributed by atoms with E-state index in [-0.39, 0.29) is 0 Å². The van der Waals surface area contributed by atoms with Crippen molar-refractivity contribution in [3.8, 4) is 0 Å². The normalized spacial score (nSPS) is 23.0. The Balaban J connectivity index is 2.07. The Morgan fingerprint density at radius 2 is 2.10 bits per heavy atom. The maximum atomic E-state index is 4.59. The van der Waals surface area contributed by atoms with E-state index in [1.165, 1.54) is 35.0 Å². The molecule has 20 heavy (non-hydrogen) atoms. The summed E-state index contributed by atoms with van der Waals surface area (Å²) in [6.45, 7) is 14.7. The van der Waals surface area contributed by atoms with Crippen molar-refractivity contribution in [2.45, 2.75) is 59.5 Å². The Hall–Kier alpha value is -0.450. The van der Waals surface area contributed by atoms with Crippen LogP contribution in [0.3, 0.4) is 0 Å². The molecule has 2 unspecified atom stereocenters. The Kier molecular flexibility index (Phi) is 5.58. The van der Waals surface area contributed by atoms with E-state index in [0.29, 0.717) is 12.1 Å². The number of aryl methyl sites for hydroxylation is 2. The first-order chi connectivity index (χ1) is 9.47. The van der Waals surface area contributed by atoms with Gasteiger partial charge in [0.25, 0.3) is 0 Å². The highest BCUT2D eigenvalue weighted by atomic mass is 32.1. The summed E-state index contributed by atoms with van der Waals surface area (Å²) in [7, 11) is 0. The van der Waals surface area contributed by atoms with Crippen molar-refractivity contribution in [2.24, 2.45) is 5.92 Å². The molecule has 0 aliphatic carbocycles. The maximum Gasteiger partial charge on any atom is 0.0900 e. The van der Waals surface area contributed by atoms with Crippen LogP contribution in [-0.4, -0.2) is 35.6 Å². The third-order valence-corrected chi connectivity index (χ3v) is 5.38. The van der Waals surface area contributed by atoms with Gasteiger partial charge in [0, 0.05) is 30.1 Å². The van der Waals surface area contributed by atoms with Crippen LogP contribution in [0.5, 0.6) is 0 Å². The van der Waals surface area contributed by atoms with Gasteiger partial charge in [-0.1, -0.05) is 13.8 Å². The third kappa shape index (κ3) is 4.03. The summed E-state index contributed by atoms with van der Waals surface area (Å²) in [5.41, 5.74) is 1.22. The molecule has 114 valence electrons. The number of hydrogen-bond acceptors (Lipinski definition) is 4. The Labute approximate surface area is 127 Å². The Morgan fingerprint density at radius 3 is 2.70 bits per heavy atom. The molecule has 0 saturated carbocycles. The summed E-state index contributed by atoms with van der Waals surface area (Å²) in [4.78, 5) is 8.69. The van der Waals surface area contributed by atoms with Crippen molar-refractivity contribution in [3.63, 3.8) is 0 Å². The van der Waals surface area contributed by atoms with Crippen molar-refractivity contribution >= 4 is 11.3 Å². The molecule has 0 spiro atoms. The highest BCUT2D eigenvalue weighted by Crippen LogP contribution is 2.30. The molecule has 0 radical (unpaired) electrons. The van der Waals surface area contributed by atoms with Crippen LogP contribution in [0.2, 0.25) is 0 Å². The molecule has 1 aromatic rings. The largest absolute Gasteiger partial charge is 0.313 e. The minimum Gasteiger partial charge on any atom is -0.313 e. The van der Waals surface area contributed by atoms with Gasteiger partial charge in [0.1, 0.15) is 0 Å². The van der Waals surface area contributed by atoms with Gasteiger partial charge in [-0.3, -0.25) is 4.90 Å². The van der Waals surface area contributed by atoms with E-state index in [9.17, 15) is 0 Å². The molecule has 1 aromatic heterocycles. The topological polar surface area (TPSA) is 28.2 Å². The fraction of sp³-hybridized carbons (Fsp3) is 0.812. The molecule has 2 heterocycles. The SMILES string of the molecule is Cc1nc(C)c(C(C)N2CCCNC(CC(C)C)C2)s1. The van der Waals surface area contributed by atoms with Crippen LogP contribution >= 0.6 is 11.3 Å². The zero-order valence-electron chi connectivity index (χ0n) is 13.6. The molecule has 0 bridgehead atoms. The molecule has 1 saturated heterocycles. The minimum atomic E-state index is 0.496. The Bertz CT molecular complexity index is 427. The van der Waals surface area contributed by atoms with Crippen molar-refractivity contribution in [1.29, 1.82) is 0 Å². The summed E-state index contributed by atoms with van der Waals surface area (Å²) in [6, 6.07) is 1.13. The summed E-state index contributed by atoms with van der Waals surface area (Å²) in [5.74, 6) is 0.759. The predicted molar refractivity (Wildman–Crippen MR) is 87.4 cm³/mol. The first-order valence-corrected chi connectivity index (χ1v) is 8.70. The number of rotatable bonds is 4. The summed E-state index contributed by atoms with van der Waals surface area (Å²) >= 11 is 1.86. The van der Waals surface area contributed by atoms with Gasteiger partial charge in [-0.2, -0.15) is 0 Å². The van der Waals surface area contributed by atoms with E-state index in [4.69, 9.17) is 0 Å². The number of nitrogens with one attached hydrogen (secondary N) is 1. The average molecular weight is 295 g/mol. The van der Waals surface area contributed by atoms with Gasteiger partial charge in [0.05, 0.1) is 10.7 Å². The van der Waals surface area contributed by atoms with E-state index < -0.39 is 0 Å². The van der Waals surface area contributed by atoms with Gasteiger partial charge in [-0.25, -0.2) is 4.98 Å². The summed E-state index contributed by atoms with van der Waals surface area (Å²) < 4.78 is 0. The third-order valence-electron chi connectivity index (χ3n) is 4.13. The highest BCUT2D eigenvalue weighted by molar-refractivity contribution is 7.11. The second-order valence-corrected chi connectivity index (χ2v) is 7.72. The molecular weight excluding hydrogens is 266 g/mol. The Morgan fingerprint density at radius 1 is 1.35 bits per heavy atom. The lowest BCUT2D eigenvalue weighted by molar-refractivity contribution is 0.201. The molecule has 1 aliphatic rings. The van der Waals surface area contributed by atoms with Crippen LogP contribution in [0.4, 0.5) is 0 Å². The van der Waals surface area contributed by atoms with Crippen LogP contribution in [0.1, 0.15) is 55.2 Å². The standard InChI is InChI=1S/C16H29N3S/c1-11(2)9-15-10-19(8-6-7-17-15)13(4)16-12(3)18-14(5)20-16/h11,13,15,17H,6-10H2,1-5H3. The number of thiazole rings is 1. The van der Waals surface area contributed by atoms with Gasteiger partial charge in [-0.15, -0.1) is 11.3 Å². The maximum absolute atomic E-state index is 4.59. The van der Waals surface area contributed by atoms with Crippen LogP contribution in [-0.2, 0) is 0 Å². The number of nitrogens with zero attached hydrogens (tertiary/aromatic N) is 2. The van der Waals surface area contributed by atoms with Gasteiger partial charge in [-0.05, 0) is 46.1 Å². The van der Waals surface area contributed by atoms with E-state index >= 15 is 0 Å². The lowest BCUT2D eigenvalue weighted by Crippen LogP contribution is -2.39. The van der Waals surface area contributed by atoms with Gasteiger partial charge in [0.15, 0.2) is 0 Å². The zero-order valence-corrected chi connectivity index (χ0v) is 14.4. The van der Waals surface area contributed by atoms with E-state index in [0.717, 1.165) is 19.0 Å².